The zero-order chi connectivity index (χ0) is 12.5. The maximum Gasteiger partial charge on any atom is 0.237 e. The molecule has 2 fully saturated rings. The lowest BCUT2D eigenvalue weighted by Crippen LogP contribution is -2.46. The Morgan fingerprint density at radius 1 is 1.41 bits per heavy atom. The number of carbonyl (C=O) groups excluding carboxylic acids is 1. The van der Waals surface area contributed by atoms with Crippen LogP contribution in [0.2, 0.25) is 0 Å². The van der Waals surface area contributed by atoms with Crippen molar-refractivity contribution in [1.29, 1.82) is 0 Å². The van der Waals surface area contributed by atoms with E-state index in [1.807, 2.05) is 13.8 Å². The van der Waals surface area contributed by atoms with E-state index in [2.05, 4.69) is 10.2 Å². The summed E-state index contributed by atoms with van der Waals surface area (Å²) in [4.78, 5) is 14.1. The topological polar surface area (TPSA) is 52.6 Å². The van der Waals surface area contributed by atoms with E-state index in [4.69, 9.17) is 0 Å². The Bertz CT molecular complexity index is 287. The fraction of sp³-hybridized carbons (Fsp3) is 0.923. The molecule has 4 heteroatoms. The molecule has 0 bridgehead atoms. The van der Waals surface area contributed by atoms with Gasteiger partial charge in [-0.05, 0) is 52.5 Å². The Hall–Kier alpha value is -0.610. The number of hydrogen-bond acceptors (Lipinski definition) is 3. The molecule has 17 heavy (non-hydrogen) atoms. The minimum atomic E-state index is -0.554. The summed E-state index contributed by atoms with van der Waals surface area (Å²) in [6, 6.07) is 0.365. The molecule has 1 amide bonds. The van der Waals surface area contributed by atoms with Crippen LogP contribution in [0, 0.1) is 0 Å². The number of carbonyl (C=O) groups is 1. The van der Waals surface area contributed by atoms with Gasteiger partial charge in [0.25, 0.3) is 0 Å². The Morgan fingerprint density at radius 2 is 2.12 bits per heavy atom. The van der Waals surface area contributed by atoms with Crippen molar-refractivity contribution >= 4 is 5.91 Å². The summed E-state index contributed by atoms with van der Waals surface area (Å²) in [5.74, 6) is 0.147. The molecule has 1 aliphatic carbocycles. The zero-order valence-corrected chi connectivity index (χ0v) is 10.9. The predicted molar refractivity (Wildman–Crippen MR) is 66.7 cm³/mol. The van der Waals surface area contributed by atoms with Crippen molar-refractivity contribution in [3.8, 4) is 0 Å². The lowest BCUT2D eigenvalue weighted by Gasteiger charge is -2.27. The molecule has 0 spiro atoms. The van der Waals surface area contributed by atoms with Gasteiger partial charge in [-0.15, -0.1) is 0 Å². The van der Waals surface area contributed by atoms with Crippen LogP contribution >= 0.6 is 0 Å². The molecule has 2 rings (SSSR count). The number of likely N-dealkylation sites (tertiary alicyclic amines) is 1. The molecular weight excluding hydrogens is 216 g/mol. The average molecular weight is 240 g/mol. The van der Waals surface area contributed by atoms with Crippen LogP contribution in [0.5, 0.6) is 0 Å². The minimum Gasteiger partial charge on any atom is -0.390 e. The second-order valence-corrected chi connectivity index (χ2v) is 5.85. The fourth-order valence-electron chi connectivity index (χ4n) is 2.39. The number of amides is 1. The summed E-state index contributed by atoms with van der Waals surface area (Å²) in [6.07, 6.45) is 4.82. The second-order valence-electron chi connectivity index (χ2n) is 5.85. The monoisotopic (exact) mass is 240 g/mol. The highest BCUT2D eigenvalue weighted by molar-refractivity contribution is 5.81. The summed E-state index contributed by atoms with van der Waals surface area (Å²) >= 11 is 0. The van der Waals surface area contributed by atoms with Gasteiger partial charge in [0.2, 0.25) is 5.91 Å². The van der Waals surface area contributed by atoms with Gasteiger partial charge in [0.1, 0.15) is 0 Å². The van der Waals surface area contributed by atoms with Crippen molar-refractivity contribution in [3.05, 3.63) is 0 Å². The Kier molecular flexibility index (Phi) is 3.73. The molecule has 2 aliphatic rings. The normalized spacial score (nSPS) is 32.9. The van der Waals surface area contributed by atoms with Crippen LogP contribution in [-0.4, -0.2) is 46.7 Å². The highest BCUT2D eigenvalue weighted by Gasteiger charge is 2.31. The van der Waals surface area contributed by atoms with Crippen LogP contribution in [0.3, 0.4) is 0 Å². The third kappa shape index (κ3) is 3.68. The van der Waals surface area contributed by atoms with Gasteiger partial charge >= 0.3 is 0 Å². The van der Waals surface area contributed by atoms with Crippen molar-refractivity contribution in [2.24, 2.45) is 0 Å². The molecule has 0 aromatic rings. The smallest absolute Gasteiger partial charge is 0.237 e. The van der Waals surface area contributed by atoms with Gasteiger partial charge in [0.15, 0.2) is 0 Å². The SMILES string of the molecule is CC(C(=O)NC1CC1)N1CCCC(C)(O)CC1. The van der Waals surface area contributed by atoms with Crippen molar-refractivity contribution in [2.45, 2.75) is 63.6 Å². The van der Waals surface area contributed by atoms with Crippen LogP contribution in [0.25, 0.3) is 0 Å². The van der Waals surface area contributed by atoms with E-state index < -0.39 is 5.60 Å². The van der Waals surface area contributed by atoms with E-state index in [0.717, 1.165) is 45.2 Å². The predicted octanol–water partition coefficient (Wildman–Crippen LogP) is 0.890. The largest absolute Gasteiger partial charge is 0.390 e. The first-order valence-corrected chi connectivity index (χ1v) is 6.75. The first kappa shape index (κ1) is 12.8. The van der Waals surface area contributed by atoms with Crippen LogP contribution in [0.15, 0.2) is 0 Å². The second kappa shape index (κ2) is 4.94. The van der Waals surface area contributed by atoms with Crippen LogP contribution in [0.4, 0.5) is 0 Å². The molecule has 98 valence electrons. The van der Waals surface area contributed by atoms with Crippen LogP contribution in [-0.2, 0) is 4.79 Å². The van der Waals surface area contributed by atoms with E-state index in [-0.39, 0.29) is 11.9 Å². The molecule has 1 heterocycles. The summed E-state index contributed by atoms with van der Waals surface area (Å²) in [5, 5.41) is 13.1. The third-order valence-corrected chi connectivity index (χ3v) is 3.95. The lowest BCUT2D eigenvalue weighted by molar-refractivity contribution is -0.126. The van der Waals surface area contributed by atoms with Gasteiger partial charge in [-0.25, -0.2) is 0 Å². The number of hydrogen-bond donors (Lipinski definition) is 2. The van der Waals surface area contributed by atoms with Gasteiger partial charge in [-0.1, -0.05) is 0 Å². The number of nitrogens with one attached hydrogen (secondary N) is 1. The zero-order valence-electron chi connectivity index (χ0n) is 10.9. The van der Waals surface area contributed by atoms with Gasteiger partial charge in [-0.2, -0.15) is 0 Å². The highest BCUT2D eigenvalue weighted by Crippen LogP contribution is 2.23. The standard InChI is InChI=1S/C13H24N2O2/c1-10(12(16)14-11-4-5-11)15-8-3-6-13(2,17)7-9-15/h10-11,17H,3-9H2,1-2H3,(H,14,16). The summed E-state index contributed by atoms with van der Waals surface area (Å²) in [6.45, 7) is 5.59. The molecule has 2 atom stereocenters. The molecular formula is C13H24N2O2. The molecule has 4 nitrogen and oxygen atoms in total. The summed E-state index contributed by atoms with van der Waals surface area (Å²) < 4.78 is 0. The first-order chi connectivity index (χ1) is 7.98. The Balaban J connectivity index is 1.85. The highest BCUT2D eigenvalue weighted by atomic mass is 16.3. The number of rotatable bonds is 3. The Morgan fingerprint density at radius 3 is 2.76 bits per heavy atom. The van der Waals surface area contributed by atoms with Crippen molar-refractivity contribution in [2.75, 3.05) is 13.1 Å². The van der Waals surface area contributed by atoms with Gasteiger partial charge in [-0.3, -0.25) is 9.69 Å². The van der Waals surface area contributed by atoms with Crippen LogP contribution < -0.4 is 5.32 Å². The third-order valence-electron chi connectivity index (χ3n) is 3.95. The molecule has 2 unspecified atom stereocenters. The number of nitrogens with zero attached hydrogens (tertiary/aromatic N) is 1. The molecule has 0 aromatic carbocycles. The van der Waals surface area contributed by atoms with E-state index in [1.54, 1.807) is 0 Å². The maximum absolute atomic E-state index is 12.0. The minimum absolute atomic E-state index is 0.0653. The fourth-order valence-corrected chi connectivity index (χ4v) is 2.39. The quantitative estimate of drug-likeness (QED) is 0.770. The molecule has 0 radical (unpaired) electrons. The number of aliphatic hydroxyl groups is 1. The van der Waals surface area contributed by atoms with Gasteiger partial charge in [0.05, 0.1) is 11.6 Å². The van der Waals surface area contributed by atoms with E-state index in [9.17, 15) is 9.90 Å². The Labute approximate surface area is 103 Å². The molecule has 1 saturated heterocycles. The molecule has 0 aromatic heterocycles. The average Bonchev–Trinajstić information content (AvgIpc) is 3.05. The molecule has 1 aliphatic heterocycles. The summed E-state index contributed by atoms with van der Waals surface area (Å²) in [7, 11) is 0. The van der Waals surface area contributed by atoms with E-state index >= 15 is 0 Å². The molecule has 2 N–H and O–H groups in total. The lowest BCUT2D eigenvalue weighted by atomic mass is 9.98. The summed E-state index contributed by atoms with van der Waals surface area (Å²) in [5.41, 5.74) is -0.554. The van der Waals surface area contributed by atoms with Crippen molar-refractivity contribution < 1.29 is 9.90 Å². The van der Waals surface area contributed by atoms with Crippen molar-refractivity contribution in [3.63, 3.8) is 0 Å². The van der Waals surface area contributed by atoms with Gasteiger partial charge < -0.3 is 10.4 Å². The first-order valence-electron chi connectivity index (χ1n) is 6.75. The van der Waals surface area contributed by atoms with Crippen molar-refractivity contribution in [1.82, 2.24) is 10.2 Å². The van der Waals surface area contributed by atoms with Gasteiger partial charge in [0, 0.05) is 12.6 Å². The molecule has 1 saturated carbocycles. The van der Waals surface area contributed by atoms with E-state index in [0.29, 0.717) is 6.04 Å². The van der Waals surface area contributed by atoms with E-state index in [1.165, 1.54) is 0 Å². The maximum atomic E-state index is 12.0. The van der Waals surface area contributed by atoms with Crippen LogP contribution in [0.1, 0.15) is 46.0 Å².